The molecule has 0 saturated heterocycles. The zero-order valence-corrected chi connectivity index (χ0v) is 15.5. The van der Waals surface area contributed by atoms with Crippen molar-refractivity contribution in [3.05, 3.63) is 66.2 Å². The van der Waals surface area contributed by atoms with E-state index >= 15 is 0 Å². The average molecular weight is 373 g/mol. The molecule has 1 aromatic heterocycles. The summed E-state index contributed by atoms with van der Waals surface area (Å²) in [5.74, 6) is -0.942. The van der Waals surface area contributed by atoms with Crippen LogP contribution in [0.2, 0.25) is 0 Å². The smallest absolute Gasteiger partial charge is 0.339 e. The van der Waals surface area contributed by atoms with Crippen molar-refractivity contribution in [1.82, 2.24) is 9.88 Å². The number of hydrogen-bond acceptors (Lipinski definition) is 5. The Morgan fingerprint density at radius 1 is 1.11 bits per heavy atom. The van der Waals surface area contributed by atoms with Gasteiger partial charge in [0.25, 0.3) is 5.91 Å². The highest BCUT2D eigenvalue weighted by atomic mass is 16.5. The Labute approximate surface area is 163 Å². The number of ether oxygens (including phenoxy) is 1. The van der Waals surface area contributed by atoms with E-state index in [-0.39, 0.29) is 18.9 Å². The number of para-hydroxylation sites is 1. The minimum Gasteiger partial charge on any atom is -0.452 e. The molecule has 0 atom stereocenters. The number of benzene rings is 2. The summed E-state index contributed by atoms with van der Waals surface area (Å²) >= 11 is 0. The summed E-state index contributed by atoms with van der Waals surface area (Å²) < 4.78 is 5.25. The van der Waals surface area contributed by atoms with Crippen LogP contribution in [-0.4, -0.2) is 42.0 Å². The molecule has 2 aromatic carbocycles. The summed E-state index contributed by atoms with van der Waals surface area (Å²) in [5, 5.41) is 9.27. The van der Waals surface area contributed by atoms with E-state index in [9.17, 15) is 9.59 Å². The monoisotopic (exact) mass is 373 g/mol. The molecule has 0 unspecified atom stereocenters. The fraction of sp³-hybridized carbons (Fsp3) is 0.182. The highest BCUT2D eigenvalue weighted by Crippen LogP contribution is 2.25. The molecule has 0 aliphatic carbocycles. The second kappa shape index (κ2) is 8.78. The Morgan fingerprint density at radius 2 is 1.82 bits per heavy atom. The lowest BCUT2D eigenvalue weighted by Crippen LogP contribution is -2.32. The van der Waals surface area contributed by atoms with Crippen molar-refractivity contribution in [3.8, 4) is 17.3 Å². The van der Waals surface area contributed by atoms with Gasteiger partial charge in [0, 0.05) is 24.5 Å². The zero-order valence-electron chi connectivity index (χ0n) is 15.5. The van der Waals surface area contributed by atoms with E-state index in [0.29, 0.717) is 28.7 Å². The maximum absolute atomic E-state index is 12.7. The third-order valence-corrected chi connectivity index (χ3v) is 4.32. The average Bonchev–Trinajstić information content (AvgIpc) is 2.75. The summed E-state index contributed by atoms with van der Waals surface area (Å²) in [5.41, 5.74) is 2.57. The number of amides is 1. The number of esters is 1. The van der Waals surface area contributed by atoms with Crippen LogP contribution in [0.25, 0.3) is 22.2 Å². The van der Waals surface area contributed by atoms with Crippen LogP contribution >= 0.6 is 0 Å². The first kappa shape index (κ1) is 19.1. The Kier molecular flexibility index (Phi) is 5.97. The normalized spacial score (nSPS) is 10.3. The van der Waals surface area contributed by atoms with E-state index in [4.69, 9.17) is 10.00 Å². The van der Waals surface area contributed by atoms with Crippen molar-refractivity contribution in [1.29, 1.82) is 5.26 Å². The summed E-state index contributed by atoms with van der Waals surface area (Å²) in [6.07, 6.45) is 0.228. The second-order valence-electron chi connectivity index (χ2n) is 6.24. The Bertz CT molecular complexity index is 1040. The molecular weight excluding hydrogens is 354 g/mol. The molecule has 1 amide bonds. The number of hydrogen-bond donors (Lipinski definition) is 0. The summed E-state index contributed by atoms with van der Waals surface area (Å²) in [4.78, 5) is 30.8. The maximum Gasteiger partial charge on any atom is 0.339 e. The fourth-order valence-electron chi connectivity index (χ4n) is 2.76. The van der Waals surface area contributed by atoms with Crippen LogP contribution in [0.5, 0.6) is 0 Å². The van der Waals surface area contributed by atoms with Gasteiger partial charge in [-0.05, 0) is 12.1 Å². The number of likely N-dealkylation sites (N-methyl/N-ethyl adjacent to an activating group) is 1. The molecule has 28 heavy (non-hydrogen) atoms. The number of carbonyl (C=O) groups excluding carboxylic acids is 2. The molecule has 6 nitrogen and oxygen atoms in total. The standard InChI is InChI=1S/C22H19N3O3/c1-25(13-7-12-23)21(26)15-28-22(27)18-14-20(16-8-3-2-4-9-16)24-19-11-6-5-10-17(18)19/h2-6,8-11,14H,7,13,15H2,1H3. The molecule has 140 valence electrons. The van der Waals surface area contributed by atoms with Gasteiger partial charge in [0.1, 0.15) is 0 Å². The third-order valence-electron chi connectivity index (χ3n) is 4.32. The number of rotatable bonds is 6. The van der Waals surface area contributed by atoms with E-state index in [2.05, 4.69) is 4.98 Å². The second-order valence-corrected chi connectivity index (χ2v) is 6.24. The largest absolute Gasteiger partial charge is 0.452 e. The molecule has 3 aromatic rings. The van der Waals surface area contributed by atoms with Gasteiger partial charge in [0.05, 0.1) is 29.3 Å². The maximum atomic E-state index is 12.7. The first-order valence-electron chi connectivity index (χ1n) is 8.83. The first-order chi connectivity index (χ1) is 13.6. The lowest BCUT2D eigenvalue weighted by Gasteiger charge is -2.15. The Balaban J connectivity index is 1.86. The predicted octanol–water partition coefficient (Wildman–Crippen LogP) is 3.43. The van der Waals surface area contributed by atoms with Crippen molar-refractivity contribution in [2.75, 3.05) is 20.2 Å². The van der Waals surface area contributed by atoms with Crippen molar-refractivity contribution in [3.63, 3.8) is 0 Å². The molecule has 0 aliphatic heterocycles. The van der Waals surface area contributed by atoms with Crippen LogP contribution in [-0.2, 0) is 9.53 Å². The van der Waals surface area contributed by atoms with Crippen molar-refractivity contribution in [2.24, 2.45) is 0 Å². The highest BCUT2D eigenvalue weighted by Gasteiger charge is 2.17. The number of pyridine rings is 1. The van der Waals surface area contributed by atoms with E-state index < -0.39 is 5.97 Å². The molecule has 0 N–H and O–H groups in total. The van der Waals surface area contributed by atoms with E-state index in [1.54, 1.807) is 19.2 Å². The minimum absolute atomic E-state index is 0.228. The van der Waals surface area contributed by atoms with Gasteiger partial charge in [-0.2, -0.15) is 5.26 Å². The topological polar surface area (TPSA) is 83.3 Å². The molecule has 0 spiro atoms. The van der Waals surface area contributed by atoms with Crippen LogP contribution in [0.3, 0.4) is 0 Å². The molecule has 0 radical (unpaired) electrons. The molecule has 0 saturated carbocycles. The van der Waals surface area contributed by atoms with Crippen LogP contribution in [0.15, 0.2) is 60.7 Å². The quantitative estimate of drug-likeness (QED) is 0.618. The van der Waals surface area contributed by atoms with E-state index in [1.807, 2.05) is 54.6 Å². The molecule has 0 bridgehead atoms. The van der Waals surface area contributed by atoms with Crippen molar-refractivity contribution >= 4 is 22.8 Å². The highest BCUT2D eigenvalue weighted by molar-refractivity contribution is 6.05. The van der Waals surface area contributed by atoms with E-state index in [0.717, 1.165) is 5.56 Å². The Hall–Kier alpha value is -3.72. The molecule has 0 fully saturated rings. The molecule has 3 rings (SSSR count). The third kappa shape index (κ3) is 4.33. The van der Waals surface area contributed by atoms with Crippen LogP contribution in [0.4, 0.5) is 0 Å². The lowest BCUT2D eigenvalue weighted by atomic mass is 10.0. The number of aromatic nitrogens is 1. The summed E-state index contributed by atoms with van der Waals surface area (Å²) in [6, 6.07) is 20.5. The van der Waals surface area contributed by atoms with Crippen LogP contribution in [0, 0.1) is 11.3 Å². The SMILES string of the molecule is CN(CCC#N)C(=O)COC(=O)c1cc(-c2ccccc2)nc2ccccc12. The van der Waals surface area contributed by atoms with Gasteiger partial charge in [-0.15, -0.1) is 0 Å². The van der Waals surface area contributed by atoms with Gasteiger partial charge in [0.15, 0.2) is 6.61 Å². The van der Waals surface area contributed by atoms with Crippen LogP contribution in [0.1, 0.15) is 16.8 Å². The van der Waals surface area contributed by atoms with Gasteiger partial charge < -0.3 is 9.64 Å². The predicted molar refractivity (Wildman–Crippen MR) is 105 cm³/mol. The van der Waals surface area contributed by atoms with Crippen molar-refractivity contribution < 1.29 is 14.3 Å². The number of fused-ring (bicyclic) bond motifs is 1. The fourth-order valence-corrected chi connectivity index (χ4v) is 2.76. The van der Waals surface area contributed by atoms with Crippen molar-refractivity contribution in [2.45, 2.75) is 6.42 Å². The van der Waals surface area contributed by atoms with Gasteiger partial charge in [-0.25, -0.2) is 9.78 Å². The van der Waals surface area contributed by atoms with Gasteiger partial charge >= 0.3 is 5.97 Å². The minimum atomic E-state index is -0.585. The van der Waals surface area contributed by atoms with Gasteiger partial charge in [0.2, 0.25) is 0 Å². The molecule has 0 aliphatic rings. The Morgan fingerprint density at radius 3 is 2.57 bits per heavy atom. The van der Waals surface area contributed by atoms with Gasteiger partial charge in [-0.3, -0.25) is 4.79 Å². The first-order valence-corrected chi connectivity index (χ1v) is 8.83. The zero-order chi connectivity index (χ0) is 19.9. The summed E-state index contributed by atoms with van der Waals surface area (Å²) in [7, 11) is 1.57. The van der Waals surface area contributed by atoms with Crippen LogP contribution < -0.4 is 0 Å². The molecule has 6 heteroatoms. The summed E-state index contributed by atoms with van der Waals surface area (Å²) in [6.45, 7) is -0.0820. The number of nitriles is 1. The van der Waals surface area contributed by atoms with E-state index in [1.165, 1.54) is 4.90 Å². The van der Waals surface area contributed by atoms with Gasteiger partial charge in [-0.1, -0.05) is 48.5 Å². The number of carbonyl (C=O) groups is 2. The molecular formula is C22H19N3O3. The number of nitrogens with zero attached hydrogens (tertiary/aromatic N) is 3. The lowest BCUT2D eigenvalue weighted by molar-refractivity contribution is -0.133. The molecule has 1 heterocycles.